The molecule has 1 fully saturated rings. The number of rotatable bonds is 4. The molecule has 0 unspecified atom stereocenters. The minimum Gasteiger partial charge on any atom is -0.365 e. The molecule has 0 aromatic heterocycles. The number of hydrogen-bond acceptors (Lipinski definition) is 1. The molecule has 1 aliphatic heterocycles. The Morgan fingerprint density at radius 1 is 1.00 bits per heavy atom. The maximum Gasteiger partial charge on any atom is 0.0869 e. The topological polar surface area (TPSA) is 9.23 Å². The molecule has 2 atom stereocenters. The molecule has 2 aromatic rings. The third-order valence-corrected chi connectivity index (χ3v) is 4.33. The van der Waals surface area contributed by atoms with Gasteiger partial charge in [0.25, 0.3) is 0 Å². The monoisotopic (exact) mass is 290 g/mol. The largest absolute Gasteiger partial charge is 0.365 e. The zero-order valence-electron chi connectivity index (χ0n) is 12.9. The van der Waals surface area contributed by atoms with Gasteiger partial charge in [-0.1, -0.05) is 67.2 Å². The van der Waals surface area contributed by atoms with Gasteiger partial charge in [-0.15, -0.1) is 5.73 Å². The Bertz CT molecular complexity index is 638. The Balaban J connectivity index is 1.68. The number of hydrogen-bond donors (Lipinski definition) is 0. The molecule has 0 saturated carbocycles. The minimum absolute atomic E-state index is 0.136. The number of benzene rings is 2. The van der Waals surface area contributed by atoms with Gasteiger partial charge in [-0.05, 0) is 42.4 Å². The maximum atomic E-state index is 6.36. The maximum absolute atomic E-state index is 6.36. The van der Waals surface area contributed by atoms with Crippen LogP contribution >= 0.6 is 0 Å². The number of ether oxygens (including phenoxy) is 1. The fourth-order valence-corrected chi connectivity index (χ4v) is 3.10. The fourth-order valence-electron chi connectivity index (χ4n) is 3.10. The van der Waals surface area contributed by atoms with E-state index >= 15 is 0 Å². The first-order chi connectivity index (χ1) is 10.9. The summed E-state index contributed by atoms with van der Waals surface area (Å²) in [6.07, 6.45) is 4.39. The van der Waals surface area contributed by atoms with Gasteiger partial charge >= 0.3 is 0 Å². The Labute approximate surface area is 133 Å². The van der Waals surface area contributed by atoms with Gasteiger partial charge in [0.1, 0.15) is 0 Å². The molecule has 1 heterocycles. The lowest BCUT2D eigenvalue weighted by atomic mass is 9.92. The first-order valence-corrected chi connectivity index (χ1v) is 8.00. The van der Waals surface area contributed by atoms with Crippen molar-refractivity contribution >= 4 is 0 Å². The molecule has 1 saturated heterocycles. The van der Waals surface area contributed by atoms with Crippen LogP contribution in [0.5, 0.6) is 0 Å². The van der Waals surface area contributed by atoms with Crippen molar-refractivity contribution in [2.75, 3.05) is 0 Å². The van der Waals surface area contributed by atoms with Crippen LogP contribution in [0, 0.1) is 0 Å². The molecule has 0 amide bonds. The van der Waals surface area contributed by atoms with Gasteiger partial charge < -0.3 is 4.74 Å². The molecule has 2 aromatic carbocycles. The van der Waals surface area contributed by atoms with Crippen LogP contribution < -0.4 is 0 Å². The quantitative estimate of drug-likeness (QED) is 0.699. The molecule has 0 radical (unpaired) electrons. The number of aryl methyl sites for hydroxylation is 1. The standard InChI is InChI=1S/C21H22O/c1-2-18-14-16-21(19-11-7-4-8-12-19)22-20(18)15-13-17-9-5-3-6-10-17/h3-12,20-21H,1,13-16H2/t20-,21-/m1/s1. The molecular weight excluding hydrogens is 268 g/mol. The van der Waals surface area contributed by atoms with E-state index in [1.165, 1.54) is 16.7 Å². The second kappa shape index (κ2) is 7.26. The molecule has 112 valence electrons. The van der Waals surface area contributed by atoms with Gasteiger partial charge in [-0.3, -0.25) is 0 Å². The van der Waals surface area contributed by atoms with Crippen LogP contribution in [0.1, 0.15) is 36.5 Å². The van der Waals surface area contributed by atoms with E-state index < -0.39 is 0 Å². The normalized spacial score (nSPS) is 21.4. The lowest BCUT2D eigenvalue weighted by Gasteiger charge is -2.32. The van der Waals surface area contributed by atoms with Gasteiger partial charge in [0.15, 0.2) is 0 Å². The summed E-state index contributed by atoms with van der Waals surface area (Å²) in [4.78, 5) is 0. The first kappa shape index (κ1) is 14.8. The SMILES string of the molecule is C=C=C1CC[C@H](c2ccccc2)O[C@@H]1CCc1ccccc1. The average molecular weight is 290 g/mol. The van der Waals surface area contributed by atoms with E-state index in [1.807, 2.05) is 6.07 Å². The van der Waals surface area contributed by atoms with Crippen LogP contribution in [0.15, 0.2) is 78.5 Å². The van der Waals surface area contributed by atoms with Crippen LogP contribution in [-0.2, 0) is 11.2 Å². The molecule has 0 bridgehead atoms. The highest BCUT2D eigenvalue weighted by Crippen LogP contribution is 2.35. The fraction of sp³-hybridized carbons (Fsp3) is 0.286. The predicted octanol–water partition coefficient (Wildman–Crippen LogP) is 5.25. The smallest absolute Gasteiger partial charge is 0.0869 e. The average Bonchev–Trinajstić information content (AvgIpc) is 2.61. The molecule has 22 heavy (non-hydrogen) atoms. The van der Waals surface area contributed by atoms with Crippen LogP contribution in [0.25, 0.3) is 0 Å². The second-order valence-corrected chi connectivity index (χ2v) is 5.79. The second-order valence-electron chi connectivity index (χ2n) is 5.79. The summed E-state index contributed by atoms with van der Waals surface area (Å²) >= 11 is 0. The Hall–Kier alpha value is -2.08. The van der Waals surface area contributed by atoms with Crippen molar-refractivity contribution in [3.8, 4) is 0 Å². The van der Waals surface area contributed by atoms with E-state index in [0.717, 1.165) is 25.7 Å². The summed E-state index contributed by atoms with van der Waals surface area (Å²) in [5.41, 5.74) is 6.96. The third kappa shape index (κ3) is 3.57. The minimum atomic E-state index is 0.136. The van der Waals surface area contributed by atoms with Crippen LogP contribution in [-0.4, -0.2) is 6.10 Å². The van der Waals surface area contributed by atoms with Crippen molar-refractivity contribution in [1.29, 1.82) is 0 Å². The van der Waals surface area contributed by atoms with Crippen molar-refractivity contribution in [3.63, 3.8) is 0 Å². The van der Waals surface area contributed by atoms with E-state index in [-0.39, 0.29) is 12.2 Å². The molecule has 1 aliphatic rings. The Morgan fingerprint density at radius 3 is 2.36 bits per heavy atom. The lowest BCUT2D eigenvalue weighted by molar-refractivity contribution is -0.0238. The van der Waals surface area contributed by atoms with Gasteiger partial charge in [0, 0.05) is 0 Å². The van der Waals surface area contributed by atoms with Gasteiger partial charge in [-0.25, -0.2) is 0 Å². The highest BCUT2D eigenvalue weighted by molar-refractivity contribution is 5.21. The van der Waals surface area contributed by atoms with Gasteiger partial charge in [0.05, 0.1) is 12.2 Å². The van der Waals surface area contributed by atoms with Crippen LogP contribution in [0.2, 0.25) is 0 Å². The van der Waals surface area contributed by atoms with E-state index in [1.54, 1.807) is 0 Å². The van der Waals surface area contributed by atoms with E-state index in [4.69, 9.17) is 4.74 Å². The molecular formula is C21H22O. The molecule has 1 nitrogen and oxygen atoms in total. The van der Waals surface area contributed by atoms with Gasteiger partial charge in [0.2, 0.25) is 0 Å². The van der Waals surface area contributed by atoms with Crippen molar-refractivity contribution in [1.82, 2.24) is 0 Å². The summed E-state index contributed by atoms with van der Waals surface area (Å²) in [5.74, 6) is 0. The zero-order chi connectivity index (χ0) is 15.2. The van der Waals surface area contributed by atoms with Crippen molar-refractivity contribution in [3.05, 3.63) is 89.7 Å². The van der Waals surface area contributed by atoms with Crippen molar-refractivity contribution in [2.24, 2.45) is 0 Å². The third-order valence-electron chi connectivity index (χ3n) is 4.33. The van der Waals surface area contributed by atoms with Crippen molar-refractivity contribution in [2.45, 2.75) is 37.9 Å². The van der Waals surface area contributed by atoms with Crippen LogP contribution in [0.4, 0.5) is 0 Å². The molecule has 0 spiro atoms. The van der Waals surface area contributed by atoms with Gasteiger partial charge in [-0.2, -0.15) is 0 Å². The zero-order valence-corrected chi connectivity index (χ0v) is 12.9. The van der Waals surface area contributed by atoms with E-state index in [0.29, 0.717) is 0 Å². The summed E-state index contributed by atoms with van der Waals surface area (Å²) in [6.45, 7) is 3.85. The summed E-state index contributed by atoms with van der Waals surface area (Å²) in [5, 5.41) is 0. The van der Waals surface area contributed by atoms with Crippen LogP contribution in [0.3, 0.4) is 0 Å². The van der Waals surface area contributed by atoms with Crippen molar-refractivity contribution < 1.29 is 4.74 Å². The Kier molecular flexibility index (Phi) is 4.90. The summed E-state index contributed by atoms with van der Waals surface area (Å²) < 4.78 is 6.36. The first-order valence-electron chi connectivity index (χ1n) is 8.00. The summed E-state index contributed by atoms with van der Waals surface area (Å²) in [7, 11) is 0. The molecule has 0 aliphatic carbocycles. The molecule has 3 rings (SSSR count). The molecule has 1 heteroatoms. The summed E-state index contributed by atoms with van der Waals surface area (Å²) in [6, 6.07) is 21.1. The van der Waals surface area contributed by atoms with E-state index in [2.05, 4.69) is 66.9 Å². The lowest BCUT2D eigenvalue weighted by Crippen LogP contribution is -2.25. The predicted molar refractivity (Wildman–Crippen MR) is 90.7 cm³/mol. The molecule has 0 N–H and O–H groups in total. The van der Waals surface area contributed by atoms with E-state index in [9.17, 15) is 0 Å². The Morgan fingerprint density at radius 2 is 1.68 bits per heavy atom. The highest BCUT2D eigenvalue weighted by atomic mass is 16.5. The highest BCUT2D eigenvalue weighted by Gasteiger charge is 2.27.